The van der Waals surface area contributed by atoms with E-state index >= 15 is 0 Å². The van der Waals surface area contributed by atoms with Crippen molar-refractivity contribution in [2.75, 3.05) is 11.1 Å². The molecule has 130 valence electrons. The normalized spacial score (nSPS) is 10.6. The van der Waals surface area contributed by atoms with Gasteiger partial charge in [-0.15, -0.1) is 0 Å². The SMILES string of the molecule is Cc1cc(C)c(C#N)c(SCC(=O)Nc2c(C)cccc2C(C)C)n1. The molecule has 4 nitrogen and oxygen atoms in total. The molecule has 0 aliphatic rings. The Labute approximate surface area is 153 Å². The highest BCUT2D eigenvalue weighted by molar-refractivity contribution is 8.00. The molecular weight excluding hydrogens is 330 g/mol. The molecule has 1 aromatic carbocycles. The van der Waals surface area contributed by atoms with Gasteiger partial charge in [-0.05, 0) is 49.4 Å². The Morgan fingerprint density at radius 1 is 1.28 bits per heavy atom. The lowest BCUT2D eigenvalue weighted by atomic mass is 9.98. The predicted octanol–water partition coefficient (Wildman–Crippen LogP) is 4.73. The maximum atomic E-state index is 12.4. The summed E-state index contributed by atoms with van der Waals surface area (Å²) in [6.07, 6.45) is 0. The van der Waals surface area contributed by atoms with Crippen LogP contribution in [0.25, 0.3) is 0 Å². The summed E-state index contributed by atoms with van der Waals surface area (Å²) in [7, 11) is 0. The van der Waals surface area contributed by atoms with Crippen molar-refractivity contribution in [3.05, 3.63) is 52.2 Å². The minimum Gasteiger partial charge on any atom is -0.325 e. The van der Waals surface area contributed by atoms with Gasteiger partial charge < -0.3 is 5.32 Å². The van der Waals surface area contributed by atoms with E-state index in [-0.39, 0.29) is 11.7 Å². The lowest BCUT2D eigenvalue weighted by Gasteiger charge is -2.16. The molecule has 0 saturated heterocycles. The van der Waals surface area contributed by atoms with Crippen molar-refractivity contribution < 1.29 is 4.79 Å². The number of carbonyl (C=O) groups is 1. The molecule has 2 rings (SSSR count). The van der Waals surface area contributed by atoms with Crippen LogP contribution in [0.15, 0.2) is 29.3 Å². The van der Waals surface area contributed by atoms with Crippen molar-refractivity contribution in [3.63, 3.8) is 0 Å². The van der Waals surface area contributed by atoms with Crippen molar-refractivity contribution in [1.82, 2.24) is 4.98 Å². The number of anilines is 1. The van der Waals surface area contributed by atoms with Gasteiger partial charge in [-0.3, -0.25) is 4.79 Å². The highest BCUT2D eigenvalue weighted by Gasteiger charge is 2.14. The molecule has 1 N–H and O–H groups in total. The molecule has 0 fully saturated rings. The number of aryl methyl sites for hydroxylation is 3. The van der Waals surface area contributed by atoms with Crippen molar-refractivity contribution in [1.29, 1.82) is 5.26 Å². The van der Waals surface area contributed by atoms with E-state index in [1.807, 2.05) is 45.0 Å². The number of pyridine rings is 1. The summed E-state index contributed by atoms with van der Waals surface area (Å²) in [6, 6.07) is 10.1. The quantitative estimate of drug-likeness (QED) is 0.789. The van der Waals surface area contributed by atoms with Gasteiger partial charge in [0.2, 0.25) is 5.91 Å². The Bertz CT molecular complexity index is 838. The minimum absolute atomic E-state index is 0.0916. The molecule has 0 atom stereocenters. The number of para-hydroxylation sites is 1. The van der Waals surface area contributed by atoms with E-state index in [9.17, 15) is 10.1 Å². The van der Waals surface area contributed by atoms with E-state index in [1.54, 1.807) is 0 Å². The highest BCUT2D eigenvalue weighted by Crippen LogP contribution is 2.28. The van der Waals surface area contributed by atoms with Crippen LogP contribution in [0.3, 0.4) is 0 Å². The third kappa shape index (κ3) is 4.61. The van der Waals surface area contributed by atoms with Gasteiger partial charge >= 0.3 is 0 Å². The number of aromatic nitrogens is 1. The molecule has 2 aromatic rings. The van der Waals surface area contributed by atoms with Gasteiger partial charge in [0, 0.05) is 11.4 Å². The zero-order valence-corrected chi connectivity index (χ0v) is 16.1. The molecule has 0 aliphatic carbocycles. The maximum Gasteiger partial charge on any atom is 0.234 e. The molecule has 0 spiro atoms. The summed E-state index contributed by atoms with van der Waals surface area (Å²) in [4.78, 5) is 16.8. The van der Waals surface area contributed by atoms with Crippen molar-refractivity contribution in [3.8, 4) is 6.07 Å². The number of nitrogens with zero attached hydrogens (tertiary/aromatic N) is 2. The second-order valence-electron chi connectivity index (χ2n) is 6.40. The van der Waals surface area contributed by atoms with Crippen molar-refractivity contribution in [2.45, 2.75) is 45.6 Å². The number of thioether (sulfide) groups is 1. The predicted molar refractivity (Wildman–Crippen MR) is 103 cm³/mol. The van der Waals surface area contributed by atoms with Crippen LogP contribution in [0.4, 0.5) is 5.69 Å². The number of hydrogen-bond donors (Lipinski definition) is 1. The average molecular weight is 353 g/mol. The molecule has 0 unspecified atom stereocenters. The lowest BCUT2D eigenvalue weighted by Crippen LogP contribution is -2.17. The Morgan fingerprint density at radius 2 is 2.00 bits per heavy atom. The Kier molecular flexibility index (Phi) is 6.22. The fourth-order valence-electron chi connectivity index (χ4n) is 2.69. The molecule has 0 bridgehead atoms. The summed E-state index contributed by atoms with van der Waals surface area (Å²) in [5.74, 6) is 0.455. The van der Waals surface area contributed by atoms with Crippen molar-refractivity contribution >= 4 is 23.4 Å². The van der Waals surface area contributed by atoms with Crippen LogP contribution in [0, 0.1) is 32.1 Å². The number of nitriles is 1. The van der Waals surface area contributed by atoms with Gasteiger partial charge in [0.1, 0.15) is 11.1 Å². The smallest absolute Gasteiger partial charge is 0.234 e. The summed E-state index contributed by atoms with van der Waals surface area (Å²) >= 11 is 1.30. The molecule has 1 amide bonds. The van der Waals surface area contributed by atoms with E-state index in [2.05, 4.69) is 30.2 Å². The zero-order valence-electron chi connectivity index (χ0n) is 15.3. The number of carbonyl (C=O) groups excluding carboxylic acids is 1. The molecule has 1 heterocycles. The Hall–Kier alpha value is -2.32. The van der Waals surface area contributed by atoms with Gasteiger partial charge in [0.15, 0.2) is 0 Å². The fraction of sp³-hybridized carbons (Fsp3) is 0.350. The number of hydrogen-bond acceptors (Lipinski definition) is 4. The topological polar surface area (TPSA) is 65.8 Å². The minimum atomic E-state index is -0.0916. The number of amides is 1. The van der Waals surface area contributed by atoms with Gasteiger partial charge in [-0.2, -0.15) is 5.26 Å². The summed E-state index contributed by atoms with van der Waals surface area (Å²) < 4.78 is 0. The highest BCUT2D eigenvalue weighted by atomic mass is 32.2. The van der Waals surface area contributed by atoms with Crippen LogP contribution >= 0.6 is 11.8 Å². The van der Waals surface area contributed by atoms with Crippen LogP contribution in [-0.2, 0) is 4.79 Å². The number of rotatable bonds is 5. The second kappa shape index (κ2) is 8.17. The van der Waals surface area contributed by atoms with E-state index in [0.29, 0.717) is 16.5 Å². The maximum absolute atomic E-state index is 12.4. The first-order chi connectivity index (χ1) is 11.8. The van der Waals surface area contributed by atoms with Crippen LogP contribution in [0.5, 0.6) is 0 Å². The van der Waals surface area contributed by atoms with E-state index in [0.717, 1.165) is 28.1 Å². The second-order valence-corrected chi connectivity index (χ2v) is 7.37. The molecule has 5 heteroatoms. The summed E-state index contributed by atoms with van der Waals surface area (Å²) in [5, 5.41) is 13.0. The lowest BCUT2D eigenvalue weighted by molar-refractivity contribution is -0.113. The van der Waals surface area contributed by atoms with Crippen molar-refractivity contribution in [2.24, 2.45) is 0 Å². The van der Waals surface area contributed by atoms with Gasteiger partial charge in [0.25, 0.3) is 0 Å². The van der Waals surface area contributed by atoms with Crippen LogP contribution in [0.2, 0.25) is 0 Å². The molecule has 0 radical (unpaired) electrons. The van der Waals surface area contributed by atoms with E-state index < -0.39 is 0 Å². The third-order valence-electron chi connectivity index (χ3n) is 3.95. The molecular formula is C20H23N3OS. The average Bonchev–Trinajstić information content (AvgIpc) is 2.54. The molecule has 25 heavy (non-hydrogen) atoms. The first-order valence-electron chi connectivity index (χ1n) is 8.24. The molecule has 0 saturated carbocycles. The fourth-order valence-corrected chi connectivity index (χ4v) is 3.59. The zero-order chi connectivity index (χ0) is 18.6. The van der Waals surface area contributed by atoms with Gasteiger partial charge in [-0.1, -0.05) is 43.8 Å². The molecule has 0 aliphatic heterocycles. The standard InChI is InChI=1S/C20H23N3OS/c1-12(2)16-8-6-7-13(3)19(16)23-18(24)11-25-20-17(10-21)14(4)9-15(5)22-20/h6-9,12H,11H2,1-5H3,(H,23,24). The Balaban J connectivity index is 2.15. The first-order valence-corrected chi connectivity index (χ1v) is 9.22. The van der Waals surface area contributed by atoms with Gasteiger partial charge in [-0.25, -0.2) is 4.98 Å². The Morgan fingerprint density at radius 3 is 2.64 bits per heavy atom. The van der Waals surface area contributed by atoms with E-state index in [4.69, 9.17) is 0 Å². The van der Waals surface area contributed by atoms with Gasteiger partial charge in [0.05, 0.1) is 11.3 Å². The summed E-state index contributed by atoms with van der Waals surface area (Å²) in [6.45, 7) is 9.99. The first kappa shape index (κ1) is 19.0. The monoisotopic (exact) mass is 353 g/mol. The van der Waals surface area contributed by atoms with Crippen LogP contribution in [0.1, 0.15) is 47.7 Å². The number of nitrogens with one attached hydrogen (secondary N) is 1. The largest absolute Gasteiger partial charge is 0.325 e. The number of benzene rings is 1. The third-order valence-corrected chi connectivity index (χ3v) is 4.93. The van der Waals surface area contributed by atoms with Crippen LogP contribution in [-0.4, -0.2) is 16.6 Å². The van der Waals surface area contributed by atoms with Crippen LogP contribution < -0.4 is 5.32 Å². The molecule has 1 aromatic heterocycles. The summed E-state index contributed by atoms with van der Waals surface area (Å²) in [5.41, 5.74) is 5.34. The van der Waals surface area contributed by atoms with E-state index in [1.165, 1.54) is 11.8 Å².